The number of fused-ring (bicyclic) bond motifs is 1. The highest BCUT2D eigenvalue weighted by Gasteiger charge is 2.24. The largest absolute Gasteiger partial charge is 0.365 e. The summed E-state index contributed by atoms with van der Waals surface area (Å²) in [5.41, 5.74) is 7.37. The van der Waals surface area contributed by atoms with Crippen LogP contribution < -0.4 is 5.73 Å². The third-order valence-corrected chi connectivity index (χ3v) is 4.22. The van der Waals surface area contributed by atoms with Crippen molar-refractivity contribution >= 4 is 28.7 Å². The van der Waals surface area contributed by atoms with E-state index in [-0.39, 0.29) is 11.2 Å². The van der Waals surface area contributed by atoms with Crippen molar-refractivity contribution in [2.75, 3.05) is 0 Å². The van der Waals surface area contributed by atoms with Gasteiger partial charge in [-0.15, -0.1) is 11.8 Å². The standard InChI is InChI=1S/C12H11N3OS/c13-11(16)10-2-1-9(17-10)7-3-5-14-12-8(7)4-6-15-12/h2-6,9H,1H2,(H2,13,16)(H,14,15). The molecule has 0 bridgehead atoms. The molecule has 0 saturated heterocycles. The summed E-state index contributed by atoms with van der Waals surface area (Å²) in [6, 6.07) is 4.02. The maximum absolute atomic E-state index is 11.1. The van der Waals surface area contributed by atoms with E-state index in [0.717, 1.165) is 17.5 Å². The molecule has 1 atom stereocenters. The van der Waals surface area contributed by atoms with Gasteiger partial charge in [0.1, 0.15) is 5.65 Å². The number of nitrogens with one attached hydrogen (secondary N) is 1. The number of rotatable bonds is 2. The minimum atomic E-state index is -0.336. The molecule has 1 aliphatic rings. The molecule has 0 spiro atoms. The van der Waals surface area contributed by atoms with Gasteiger partial charge in [0.25, 0.3) is 5.91 Å². The molecular weight excluding hydrogens is 234 g/mol. The molecule has 2 aromatic rings. The summed E-state index contributed by atoms with van der Waals surface area (Å²) in [5.74, 6) is -0.336. The number of carbonyl (C=O) groups excluding carboxylic acids is 1. The normalized spacial score (nSPS) is 19.5. The molecule has 1 aliphatic heterocycles. The molecule has 2 aromatic heterocycles. The fraction of sp³-hybridized carbons (Fsp3) is 0.167. The Hall–Kier alpha value is -1.75. The van der Waals surface area contributed by atoms with Crippen LogP contribution in [0.15, 0.2) is 35.5 Å². The van der Waals surface area contributed by atoms with Crippen LogP contribution in [0.25, 0.3) is 11.0 Å². The molecular formula is C12H11N3OS. The first-order valence-corrected chi connectivity index (χ1v) is 6.22. The number of thioether (sulfide) groups is 1. The number of carbonyl (C=O) groups is 1. The number of pyridine rings is 1. The first-order valence-electron chi connectivity index (χ1n) is 5.34. The molecule has 3 N–H and O–H groups in total. The number of nitrogens with zero attached hydrogens (tertiary/aromatic N) is 1. The summed E-state index contributed by atoms with van der Waals surface area (Å²) in [6.07, 6.45) is 6.42. The zero-order chi connectivity index (χ0) is 11.8. The predicted octanol–water partition coefficient (Wildman–Crippen LogP) is 2.11. The number of hydrogen-bond donors (Lipinski definition) is 2. The third-order valence-electron chi connectivity index (χ3n) is 2.87. The van der Waals surface area contributed by atoms with Gasteiger partial charge in [-0.05, 0) is 24.1 Å². The second-order valence-electron chi connectivity index (χ2n) is 3.91. The van der Waals surface area contributed by atoms with Gasteiger partial charge >= 0.3 is 0 Å². The van der Waals surface area contributed by atoms with Gasteiger partial charge < -0.3 is 10.7 Å². The first-order chi connectivity index (χ1) is 8.25. The SMILES string of the molecule is NC(=O)C1=CCC(c2ccnc3[nH]ccc23)S1. The first kappa shape index (κ1) is 10.4. The van der Waals surface area contributed by atoms with Gasteiger partial charge in [0, 0.05) is 23.0 Å². The van der Waals surface area contributed by atoms with Crippen LogP contribution in [0.2, 0.25) is 0 Å². The molecule has 1 unspecified atom stereocenters. The second-order valence-corrected chi connectivity index (χ2v) is 5.16. The number of nitrogens with two attached hydrogens (primary N) is 1. The lowest BCUT2D eigenvalue weighted by atomic mass is 10.1. The van der Waals surface area contributed by atoms with Gasteiger partial charge in [0.2, 0.25) is 0 Å². The fourth-order valence-electron chi connectivity index (χ4n) is 2.08. The van der Waals surface area contributed by atoms with Crippen LogP contribution in [0.5, 0.6) is 0 Å². The molecule has 0 fully saturated rings. The molecule has 3 heterocycles. The van der Waals surface area contributed by atoms with Gasteiger partial charge in [0.05, 0.1) is 4.91 Å². The van der Waals surface area contributed by atoms with Crippen LogP contribution in [0.3, 0.4) is 0 Å². The van der Waals surface area contributed by atoms with Crippen LogP contribution >= 0.6 is 11.8 Å². The fourth-order valence-corrected chi connectivity index (χ4v) is 3.22. The quantitative estimate of drug-likeness (QED) is 0.851. The van der Waals surface area contributed by atoms with Crippen LogP contribution in [-0.4, -0.2) is 15.9 Å². The molecule has 5 heteroatoms. The Morgan fingerprint density at radius 1 is 1.53 bits per heavy atom. The smallest absolute Gasteiger partial charge is 0.254 e. The molecule has 0 saturated carbocycles. The predicted molar refractivity (Wildman–Crippen MR) is 68.3 cm³/mol. The van der Waals surface area contributed by atoms with Crippen molar-refractivity contribution in [1.29, 1.82) is 0 Å². The van der Waals surface area contributed by atoms with E-state index >= 15 is 0 Å². The molecule has 4 nitrogen and oxygen atoms in total. The van der Waals surface area contributed by atoms with Crippen molar-refractivity contribution in [3.05, 3.63) is 41.1 Å². The number of allylic oxidation sites excluding steroid dienone is 1. The number of hydrogen-bond acceptors (Lipinski definition) is 3. The van der Waals surface area contributed by atoms with Crippen molar-refractivity contribution in [2.24, 2.45) is 5.73 Å². The van der Waals surface area contributed by atoms with Gasteiger partial charge in [-0.1, -0.05) is 6.08 Å². The van der Waals surface area contributed by atoms with Crippen LogP contribution in [0.1, 0.15) is 17.2 Å². The van der Waals surface area contributed by atoms with Gasteiger partial charge in [-0.2, -0.15) is 0 Å². The number of amides is 1. The number of aromatic amines is 1. The monoisotopic (exact) mass is 245 g/mol. The van der Waals surface area contributed by atoms with Gasteiger partial charge in [0.15, 0.2) is 0 Å². The Bertz CT molecular complexity index is 617. The van der Waals surface area contributed by atoms with E-state index in [9.17, 15) is 4.79 Å². The van der Waals surface area contributed by atoms with Crippen LogP contribution in [0.4, 0.5) is 0 Å². The summed E-state index contributed by atoms with van der Waals surface area (Å²) >= 11 is 1.53. The summed E-state index contributed by atoms with van der Waals surface area (Å²) < 4.78 is 0. The molecule has 86 valence electrons. The number of primary amides is 1. The van der Waals surface area contributed by atoms with Gasteiger partial charge in [-0.3, -0.25) is 4.79 Å². The van der Waals surface area contributed by atoms with E-state index < -0.39 is 0 Å². The van der Waals surface area contributed by atoms with E-state index in [0.29, 0.717) is 4.91 Å². The van der Waals surface area contributed by atoms with Crippen molar-refractivity contribution in [3.8, 4) is 0 Å². The molecule has 1 amide bonds. The Morgan fingerprint density at radius 3 is 3.18 bits per heavy atom. The third kappa shape index (κ3) is 1.72. The van der Waals surface area contributed by atoms with E-state index in [1.54, 1.807) is 6.20 Å². The van der Waals surface area contributed by atoms with E-state index in [4.69, 9.17) is 5.73 Å². The lowest BCUT2D eigenvalue weighted by molar-refractivity contribution is -0.113. The molecule has 3 rings (SSSR count). The van der Waals surface area contributed by atoms with Crippen LogP contribution in [-0.2, 0) is 4.79 Å². The van der Waals surface area contributed by atoms with E-state index in [1.165, 1.54) is 17.3 Å². The second kappa shape index (κ2) is 3.92. The Balaban J connectivity index is 1.96. The van der Waals surface area contributed by atoms with Gasteiger partial charge in [-0.25, -0.2) is 4.98 Å². The average molecular weight is 245 g/mol. The lowest BCUT2D eigenvalue weighted by Gasteiger charge is -2.10. The molecule has 0 aromatic carbocycles. The highest BCUT2D eigenvalue weighted by Crippen LogP contribution is 2.45. The Labute approximate surface area is 102 Å². The van der Waals surface area contributed by atoms with Crippen molar-refractivity contribution < 1.29 is 4.79 Å². The molecule has 17 heavy (non-hydrogen) atoms. The van der Waals surface area contributed by atoms with Crippen molar-refractivity contribution in [3.63, 3.8) is 0 Å². The van der Waals surface area contributed by atoms with Crippen molar-refractivity contribution in [1.82, 2.24) is 9.97 Å². The topological polar surface area (TPSA) is 71.8 Å². The number of aromatic nitrogens is 2. The lowest BCUT2D eigenvalue weighted by Crippen LogP contribution is -2.10. The Kier molecular flexibility index (Phi) is 2.40. The highest BCUT2D eigenvalue weighted by atomic mass is 32.2. The Morgan fingerprint density at radius 2 is 2.41 bits per heavy atom. The minimum Gasteiger partial charge on any atom is -0.365 e. The highest BCUT2D eigenvalue weighted by molar-refractivity contribution is 8.04. The maximum Gasteiger partial charge on any atom is 0.254 e. The summed E-state index contributed by atoms with van der Waals surface area (Å²) in [5, 5.41) is 1.38. The number of H-pyrrole nitrogens is 1. The summed E-state index contributed by atoms with van der Waals surface area (Å²) in [7, 11) is 0. The minimum absolute atomic E-state index is 0.263. The van der Waals surface area contributed by atoms with Crippen molar-refractivity contribution in [2.45, 2.75) is 11.7 Å². The molecule has 0 aliphatic carbocycles. The maximum atomic E-state index is 11.1. The zero-order valence-corrected chi connectivity index (χ0v) is 9.83. The molecule has 0 radical (unpaired) electrons. The zero-order valence-electron chi connectivity index (χ0n) is 9.01. The average Bonchev–Trinajstić information content (AvgIpc) is 2.97. The summed E-state index contributed by atoms with van der Waals surface area (Å²) in [4.78, 5) is 19.1. The van der Waals surface area contributed by atoms with Crippen LogP contribution in [0, 0.1) is 0 Å². The van der Waals surface area contributed by atoms with E-state index in [1.807, 2.05) is 24.4 Å². The summed E-state index contributed by atoms with van der Waals surface area (Å²) in [6.45, 7) is 0. The van der Waals surface area contributed by atoms with E-state index in [2.05, 4.69) is 9.97 Å².